The van der Waals surface area contributed by atoms with Gasteiger partial charge < -0.3 is 23.7 Å². The Morgan fingerprint density at radius 3 is 2.23 bits per heavy atom. The van der Waals surface area contributed by atoms with E-state index < -0.39 is 12.0 Å². The first kappa shape index (κ1) is 28.9. The zero-order valence-electron chi connectivity index (χ0n) is 22.1. The Labute approximate surface area is 245 Å². The van der Waals surface area contributed by atoms with E-state index in [-0.39, 0.29) is 17.7 Å². The van der Waals surface area contributed by atoms with Crippen LogP contribution in [0.4, 0.5) is 0 Å². The van der Waals surface area contributed by atoms with Crippen LogP contribution in [0.3, 0.4) is 0 Å². The summed E-state index contributed by atoms with van der Waals surface area (Å²) in [5.41, 5.74) is 1.67. The molecule has 0 saturated carbocycles. The minimum absolute atomic E-state index is 0.173. The highest BCUT2D eigenvalue weighted by Gasteiger charge is 2.35. The number of halogens is 2. The molecule has 9 nitrogen and oxygen atoms in total. The van der Waals surface area contributed by atoms with E-state index in [1.807, 2.05) is 6.07 Å². The Morgan fingerprint density at radius 1 is 0.974 bits per heavy atom. The lowest BCUT2D eigenvalue weighted by Gasteiger charge is -2.26. The molecular formula is C27H26Br2N2O7S. The van der Waals surface area contributed by atoms with E-state index in [9.17, 15) is 9.59 Å². The van der Waals surface area contributed by atoms with Gasteiger partial charge in [0.2, 0.25) is 0 Å². The van der Waals surface area contributed by atoms with Crippen molar-refractivity contribution < 1.29 is 28.5 Å². The van der Waals surface area contributed by atoms with Gasteiger partial charge in [-0.05, 0) is 59.6 Å². The number of hydrogen-bond donors (Lipinski definition) is 0. The van der Waals surface area contributed by atoms with Gasteiger partial charge in [-0.25, -0.2) is 9.79 Å². The van der Waals surface area contributed by atoms with E-state index in [0.29, 0.717) is 58.1 Å². The molecule has 39 heavy (non-hydrogen) atoms. The molecule has 3 aromatic rings. The van der Waals surface area contributed by atoms with Crippen LogP contribution in [0.15, 0.2) is 54.3 Å². The molecule has 0 spiro atoms. The second kappa shape index (κ2) is 12.0. The number of allylic oxidation sites excluding steroid dienone is 1. The van der Waals surface area contributed by atoms with Gasteiger partial charge in [0.15, 0.2) is 16.3 Å². The molecule has 1 aromatic heterocycles. The number of nitrogens with zero attached hydrogens (tertiary/aromatic N) is 2. The number of thiazole rings is 1. The highest BCUT2D eigenvalue weighted by molar-refractivity contribution is 9.10. The molecule has 1 atom stereocenters. The summed E-state index contributed by atoms with van der Waals surface area (Å²) >= 11 is 8.31. The predicted octanol–water partition coefficient (Wildman–Crippen LogP) is 4.36. The molecule has 0 fully saturated rings. The van der Waals surface area contributed by atoms with Gasteiger partial charge in [0.1, 0.15) is 11.5 Å². The van der Waals surface area contributed by atoms with Gasteiger partial charge >= 0.3 is 5.97 Å². The Bertz CT molecular complexity index is 1660. The number of hydrogen-bond acceptors (Lipinski definition) is 9. The molecule has 0 aliphatic carbocycles. The molecule has 0 saturated heterocycles. The third-order valence-electron chi connectivity index (χ3n) is 6.11. The number of rotatable bonds is 8. The average molecular weight is 682 g/mol. The van der Waals surface area contributed by atoms with Crippen molar-refractivity contribution in [2.24, 2.45) is 4.99 Å². The van der Waals surface area contributed by atoms with Crippen LogP contribution >= 0.6 is 43.2 Å². The number of fused-ring (bicyclic) bond motifs is 1. The quantitative estimate of drug-likeness (QED) is 0.326. The van der Waals surface area contributed by atoms with Gasteiger partial charge in [0.05, 0.1) is 61.4 Å². The Hall–Kier alpha value is -3.09. The van der Waals surface area contributed by atoms with Gasteiger partial charge in [0.25, 0.3) is 5.56 Å². The molecule has 12 heteroatoms. The van der Waals surface area contributed by atoms with Crippen molar-refractivity contribution in [1.82, 2.24) is 4.57 Å². The monoisotopic (exact) mass is 680 g/mol. The number of ether oxygens (including phenoxy) is 5. The first-order valence-corrected chi connectivity index (χ1v) is 14.1. The minimum atomic E-state index is -0.832. The largest absolute Gasteiger partial charge is 0.496 e. The predicted molar refractivity (Wildman–Crippen MR) is 155 cm³/mol. The van der Waals surface area contributed by atoms with E-state index in [1.165, 1.54) is 30.1 Å². The third kappa shape index (κ3) is 5.37. The van der Waals surface area contributed by atoms with E-state index >= 15 is 0 Å². The normalized spacial score (nSPS) is 15.0. The lowest BCUT2D eigenvalue weighted by Crippen LogP contribution is -2.40. The third-order valence-corrected chi connectivity index (χ3v) is 8.39. The summed E-state index contributed by atoms with van der Waals surface area (Å²) in [5, 5.41) is 0. The standard InChI is InChI=1S/C27H26Br2N2O7S/c1-7-38-26(33)23-13(2)30-27-31(24(23)15-10-20(36-5)21(37-6)11-16(15)28)25(32)22(39-27)9-14-8-17(29)19(35-4)12-18(14)34-3/h8-12,24H,7H2,1-6H3/b22-9-. The summed E-state index contributed by atoms with van der Waals surface area (Å²) < 4.78 is 30.5. The second-order valence-corrected chi connectivity index (χ2v) is 11.0. The number of carbonyl (C=O) groups is 1. The molecular weight excluding hydrogens is 656 g/mol. The molecule has 1 aliphatic heterocycles. The van der Waals surface area contributed by atoms with Crippen LogP contribution < -0.4 is 33.8 Å². The molecule has 2 aromatic carbocycles. The summed E-state index contributed by atoms with van der Waals surface area (Å²) in [4.78, 5) is 32.3. The van der Waals surface area contributed by atoms with Crippen molar-refractivity contribution >= 4 is 55.2 Å². The fourth-order valence-electron chi connectivity index (χ4n) is 4.30. The SMILES string of the molecule is CCOC(=O)C1=C(C)N=c2s/c(=C\c3cc(Br)c(OC)cc3OC)c(=O)n2C1c1cc(OC)c(OC)cc1Br. The highest BCUT2D eigenvalue weighted by atomic mass is 79.9. The zero-order valence-corrected chi connectivity index (χ0v) is 26.1. The van der Waals surface area contributed by atoms with Crippen LogP contribution in [-0.4, -0.2) is 45.6 Å². The van der Waals surface area contributed by atoms with Crippen molar-refractivity contribution in [2.75, 3.05) is 35.0 Å². The fraction of sp³-hybridized carbons (Fsp3) is 0.296. The van der Waals surface area contributed by atoms with Crippen molar-refractivity contribution in [3.63, 3.8) is 0 Å². The maximum atomic E-state index is 14.0. The van der Waals surface area contributed by atoms with E-state index in [2.05, 4.69) is 36.9 Å². The number of methoxy groups -OCH3 is 4. The average Bonchev–Trinajstić information content (AvgIpc) is 3.22. The van der Waals surface area contributed by atoms with Gasteiger partial charge in [-0.2, -0.15) is 0 Å². The number of esters is 1. The Balaban J connectivity index is 2.02. The van der Waals surface area contributed by atoms with Crippen LogP contribution in [0.5, 0.6) is 23.0 Å². The molecule has 1 aliphatic rings. The van der Waals surface area contributed by atoms with Crippen LogP contribution in [0, 0.1) is 0 Å². The van der Waals surface area contributed by atoms with Crippen LogP contribution in [0.2, 0.25) is 0 Å². The number of aromatic nitrogens is 1. The van der Waals surface area contributed by atoms with Crippen molar-refractivity contribution in [3.8, 4) is 23.0 Å². The molecule has 0 radical (unpaired) electrons. The molecule has 206 valence electrons. The summed E-state index contributed by atoms with van der Waals surface area (Å²) in [6.07, 6.45) is 1.73. The summed E-state index contributed by atoms with van der Waals surface area (Å²) in [7, 11) is 6.17. The number of benzene rings is 2. The van der Waals surface area contributed by atoms with Crippen molar-refractivity contribution in [1.29, 1.82) is 0 Å². The molecule has 0 amide bonds. The first-order chi connectivity index (χ1) is 18.7. The molecule has 4 rings (SSSR count). The lowest BCUT2D eigenvalue weighted by molar-refractivity contribution is -0.139. The molecule has 0 N–H and O–H groups in total. The highest BCUT2D eigenvalue weighted by Crippen LogP contribution is 2.41. The van der Waals surface area contributed by atoms with Gasteiger partial charge in [0, 0.05) is 16.1 Å². The number of carbonyl (C=O) groups excluding carboxylic acids is 1. The van der Waals surface area contributed by atoms with Gasteiger partial charge in [-0.3, -0.25) is 9.36 Å². The minimum Gasteiger partial charge on any atom is -0.496 e. The summed E-state index contributed by atoms with van der Waals surface area (Å²) in [5.74, 6) is 1.52. The van der Waals surface area contributed by atoms with Crippen LogP contribution in [0.1, 0.15) is 31.0 Å². The maximum absolute atomic E-state index is 14.0. The molecule has 2 heterocycles. The van der Waals surface area contributed by atoms with Gasteiger partial charge in [-0.15, -0.1) is 0 Å². The van der Waals surface area contributed by atoms with Crippen LogP contribution in [-0.2, 0) is 9.53 Å². The summed E-state index contributed by atoms with van der Waals surface area (Å²) in [6.45, 7) is 3.63. The van der Waals surface area contributed by atoms with E-state index in [1.54, 1.807) is 52.3 Å². The Kier molecular flexibility index (Phi) is 8.87. The van der Waals surface area contributed by atoms with Crippen LogP contribution in [0.25, 0.3) is 6.08 Å². The van der Waals surface area contributed by atoms with Gasteiger partial charge in [-0.1, -0.05) is 27.3 Å². The smallest absolute Gasteiger partial charge is 0.338 e. The second-order valence-electron chi connectivity index (χ2n) is 8.26. The topological polar surface area (TPSA) is 97.6 Å². The van der Waals surface area contributed by atoms with Crippen molar-refractivity contribution in [2.45, 2.75) is 19.9 Å². The summed E-state index contributed by atoms with van der Waals surface area (Å²) in [6, 6.07) is 6.20. The molecule has 1 unspecified atom stereocenters. The maximum Gasteiger partial charge on any atom is 0.338 e. The van der Waals surface area contributed by atoms with E-state index in [4.69, 9.17) is 23.7 Å². The first-order valence-electron chi connectivity index (χ1n) is 11.7. The lowest BCUT2D eigenvalue weighted by atomic mass is 9.95. The van der Waals surface area contributed by atoms with E-state index in [0.717, 1.165) is 0 Å². The van der Waals surface area contributed by atoms with Crippen molar-refractivity contribution in [3.05, 3.63) is 75.3 Å². The Morgan fingerprint density at radius 2 is 1.62 bits per heavy atom. The fourth-order valence-corrected chi connectivity index (χ4v) is 6.40. The zero-order chi connectivity index (χ0) is 28.4. The molecule has 0 bridgehead atoms.